The highest BCUT2D eigenvalue weighted by Gasteiger charge is 2.30. The van der Waals surface area contributed by atoms with Gasteiger partial charge >= 0.3 is 0 Å². The van der Waals surface area contributed by atoms with Gasteiger partial charge in [-0.05, 0) is 49.9 Å². The van der Waals surface area contributed by atoms with Crippen LogP contribution in [0.4, 0.5) is 10.1 Å². The molecule has 0 saturated carbocycles. The SMILES string of the molecule is COc1ccc(/C=N/NC(=O)CSc2n[nH]c(-c3cn4c5c(c(N6CCN(C)CC6)c(F)cc5c3=O)OCC4C)n2)cc1. The van der Waals surface area contributed by atoms with Crippen molar-refractivity contribution in [2.75, 3.05) is 57.6 Å². The zero-order valence-electron chi connectivity index (χ0n) is 24.0. The molecule has 2 aliphatic rings. The summed E-state index contributed by atoms with van der Waals surface area (Å²) < 4.78 is 28.8. The highest BCUT2D eigenvalue weighted by molar-refractivity contribution is 7.99. The summed E-state index contributed by atoms with van der Waals surface area (Å²) in [6.45, 7) is 5.26. The number of likely N-dealkylation sites (N-methyl/N-ethyl adjacent to an activating group) is 1. The molecule has 1 saturated heterocycles. The van der Waals surface area contributed by atoms with Gasteiger partial charge in [-0.1, -0.05) is 11.8 Å². The van der Waals surface area contributed by atoms with E-state index in [-0.39, 0.29) is 45.1 Å². The van der Waals surface area contributed by atoms with Gasteiger partial charge in [-0.25, -0.2) is 14.8 Å². The zero-order chi connectivity index (χ0) is 30.1. The molecule has 0 spiro atoms. The van der Waals surface area contributed by atoms with Crippen molar-refractivity contribution >= 4 is 40.5 Å². The molecular formula is C29H31FN8O4S. The van der Waals surface area contributed by atoms with E-state index in [9.17, 15) is 9.59 Å². The van der Waals surface area contributed by atoms with Crippen molar-refractivity contribution in [1.29, 1.82) is 0 Å². The lowest BCUT2D eigenvalue weighted by molar-refractivity contribution is -0.118. The monoisotopic (exact) mass is 606 g/mol. The Balaban J connectivity index is 1.21. The third-order valence-corrected chi connectivity index (χ3v) is 8.38. The van der Waals surface area contributed by atoms with Gasteiger partial charge in [0.15, 0.2) is 17.4 Å². The summed E-state index contributed by atoms with van der Waals surface area (Å²) in [7, 11) is 3.63. The molecule has 12 nitrogen and oxygen atoms in total. The number of carbonyl (C=O) groups excluding carboxylic acids is 1. The molecular weight excluding hydrogens is 575 g/mol. The van der Waals surface area contributed by atoms with Crippen LogP contribution in [0.3, 0.4) is 0 Å². The molecule has 1 atom stereocenters. The fraction of sp³-hybridized carbons (Fsp3) is 0.345. The van der Waals surface area contributed by atoms with Crippen molar-refractivity contribution in [3.05, 3.63) is 58.1 Å². The van der Waals surface area contributed by atoms with E-state index in [1.165, 1.54) is 12.3 Å². The predicted octanol–water partition coefficient (Wildman–Crippen LogP) is 2.88. The number of thioether (sulfide) groups is 1. The van der Waals surface area contributed by atoms with Crippen molar-refractivity contribution in [2.45, 2.75) is 18.1 Å². The van der Waals surface area contributed by atoms with Gasteiger partial charge in [0.2, 0.25) is 10.6 Å². The molecule has 2 aromatic heterocycles. The Morgan fingerprint density at radius 3 is 2.79 bits per heavy atom. The second-order valence-electron chi connectivity index (χ2n) is 10.5. The van der Waals surface area contributed by atoms with E-state index in [2.05, 4.69) is 30.6 Å². The molecule has 0 aliphatic carbocycles. The molecule has 2 aromatic carbocycles. The number of ether oxygens (including phenoxy) is 2. The van der Waals surface area contributed by atoms with E-state index < -0.39 is 5.82 Å². The highest BCUT2D eigenvalue weighted by atomic mass is 32.2. The Morgan fingerprint density at radius 2 is 2.05 bits per heavy atom. The number of halogens is 1. The maximum Gasteiger partial charge on any atom is 0.250 e. The van der Waals surface area contributed by atoms with Crippen LogP contribution < -0.4 is 25.2 Å². The fourth-order valence-electron chi connectivity index (χ4n) is 5.17. The number of rotatable bonds is 8. The third-order valence-electron chi connectivity index (χ3n) is 7.53. The van der Waals surface area contributed by atoms with Crippen LogP contribution in [0.5, 0.6) is 11.5 Å². The molecule has 6 rings (SSSR count). The van der Waals surface area contributed by atoms with Crippen LogP contribution in [0.25, 0.3) is 22.3 Å². The number of aromatic amines is 1. The van der Waals surface area contributed by atoms with Crippen molar-refractivity contribution < 1.29 is 18.7 Å². The van der Waals surface area contributed by atoms with Crippen LogP contribution in [0, 0.1) is 5.82 Å². The lowest BCUT2D eigenvalue weighted by atomic mass is 10.0. The predicted molar refractivity (Wildman–Crippen MR) is 163 cm³/mol. The first-order chi connectivity index (χ1) is 20.8. The molecule has 1 unspecified atom stereocenters. The molecule has 2 N–H and O–H groups in total. The first kappa shape index (κ1) is 28.7. The van der Waals surface area contributed by atoms with E-state index in [1.54, 1.807) is 25.4 Å². The van der Waals surface area contributed by atoms with Crippen LogP contribution in [-0.4, -0.2) is 89.5 Å². The minimum atomic E-state index is -0.489. The van der Waals surface area contributed by atoms with Crippen LogP contribution in [0.1, 0.15) is 18.5 Å². The number of methoxy groups -OCH3 is 1. The second-order valence-corrected chi connectivity index (χ2v) is 11.4. The quantitative estimate of drug-likeness (QED) is 0.177. The lowest BCUT2D eigenvalue weighted by Crippen LogP contribution is -2.45. The third kappa shape index (κ3) is 5.79. The number of H-pyrrole nitrogens is 1. The van der Waals surface area contributed by atoms with Crippen molar-refractivity contribution in [3.63, 3.8) is 0 Å². The zero-order valence-corrected chi connectivity index (χ0v) is 24.8. The molecule has 43 heavy (non-hydrogen) atoms. The van der Waals surface area contributed by atoms with Crippen LogP contribution in [-0.2, 0) is 4.79 Å². The fourth-order valence-corrected chi connectivity index (χ4v) is 5.76. The van der Waals surface area contributed by atoms with Crippen molar-refractivity contribution in [2.24, 2.45) is 5.10 Å². The molecule has 2 aliphatic heterocycles. The topological polar surface area (TPSA) is 130 Å². The highest BCUT2D eigenvalue weighted by Crippen LogP contribution is 2.42. The van der Waals surface area contributed by atoms with E-state index in [1.807, 2.05) is 35.6 Å². The molecule has 4 heterocycles. The van der Waals surface area contributed by atoms with Gasteiger partial charge in [0.05, 0.1) is 41.6 Å². The number of nitrogens with zero attached hydrogens (tertiary/aromatic N) is 6. The standard InChI is InChI=1S/C29H31FN8O4S/c1-17-15-42-27-24-20(12-22(30)25(27)37-10-8-36(2)9-11-37)26(40)21(14-38(17)24)28-32-29(35-34-28)43-16-23(39)33-31-13-18-4-6-19(41-3)7-5-18/h4-7,12-14,17H,8-11,15-16H2,1-3H3,(H,33,39)(H,32,34,35)/b31-13+. The van der Waals surface area contributed by atoms with Gasteiger partial charge in [0, 0.05) is 32.4 Å². The Morgan fingerprint density at radius 1 is 1.28 bits per heavy atom. The number of amides is 1. The number of anilines is 1. The number of benzene rings is 2. The number of piperazine rings is 1. The second kappa shape index (κ2) is 12.1. The summed E-state index contributed by atoms with van der Waals surface area (Å²) in [4.78, 5) is 34.6. The number of carbonyl (C=O) groups is 1. The Bertz CT molecular complexity index is 1750. The first-order valence-corrected chi connectivity index (χ1v) is 14.8. The maximum atomic E-state index is 15.6. The van der Waals surface area contributed by atoms with Gasteiger partial charge in [-0.15, -0.1) is 5.10 Å². The normalized spacial score (nSPS) is 16.9. The summed E-state index contributed by atoms with van der Waals surface area (Å²) >= 11 is 1.10. The minimum Gasteiger partial charge on any atom is -0.497 e. The number of aromatic nitrogens is 4. The van der Waals surface area contributed by atoms with Gasteiger partial charge in [0.1, 0.15) is 18.0 Å². The molecule has 1 amide bonds. The molecule has 1 fully saturated rings. The summed E-state index contributed by atoms with van der Waals surface area (Å²) in [6, 6.07) is 8.44. The summed E-state index contributed by atoms with van der Waals surface area (Å²) in [5.41, 5.74) is 4.12. The largest absolute Gasteiger partial charge is 0.497 e. The lowest BCUT2D eigenvalue weighted by Gasteiger charge is -2.37. The molecule has 0 bridgehead atoms. The molecule has 224 valence electrons. The Hall–Kier alpha value is -4.43. The molecule has 14 heteroatoms. The van der Waals surface area contributed by atoms with Crippen molar-refractivity contribution in [1.82, 2.24) is 30.1 Å². The van der Waals surface area contributed by atoms with Crippen LogP contribution in [0.15, 0.2) is 51.6 Å². The Kier molecular flexibility index (Phi) is 8.04. The first-order valence-electron chi connectivity index (χ1n) is 13.8. The van der Waals surface area contributed by atoms with Gasteiger partial charge in [-0.2, -0.15) is 5.10 Å². The van der Waals surface area contributed by atoms with E-state index in [0.717, 1.165) is 36.2 Å². The minimum absolute atomic E-state index is 0.0111. The Labute approximate surface area is 250 Å². The summed E-state index contributed by atoms with van der Waals surface area (Å²) in [5.74, 6) is 0.541. The average molecular weight is 607 g/mol. The van der Waals surface area contributed by atoms with Crippen molar-refractivity contribution in [3.8, 4) is 22.9 Å². The van der Waals surface area contributed by atoms with E-state index >= 15 is 4.39 Å². The number of hydrazone groups is 1. The van der Waals surface area contributed by atoms with E-state index in [0.29, 0.717) is 36.6 Å². The number of pyridine rings is 1. The maximum absolute atomic E-state index is 15.6. The van der Waals surface area contributed by atoms with Gasteiger partial charge in [0.25, 0.3) is 5.91 Å². The van der Waals surface area contributed by atoms with E-state index in [4.69, 9.17) is 9.47 Å². The number of nitrogens with one attached hydrogen (secondary N) is 2. The van der Waals surface area contributed by atoms with Crippen LogP contribution in [0.2, 0.25) is 0 Å². The molecule has 4 aromatic rings. The van der Waals surface area contributed by atoms with Gasteiger partial charge < -0.3 is 23.8 Å². The summed E-state index contributed by atoms with van der Waals surface area (Å²) in [6.07, 6.45) is 3.25. The number of hydrogen-bond donors (Lipinski definition) is 2. The van der Waals surface area contributed by atoms with Crippen LogP contribution >= 0.6 is 11.8 Å². The smallest absolute Gasteiger partial charge is 0.250 e. The number of hydrogen-bond acceptors (Lipinski definition) is 10. The molecule has 0 radical (unpaired) electrons. The van der Waals surface area contributed by atoms with Gasteiger partial charge in [-0.3, -0.25) is 14.7 Å². The summed E-state index contributed by atoms with van der Waals surface area (Å²) in [5, 5.41) is 11.5. The average Bonchev–Trinajstić information content (AvgIpc) is 3.48.